The average Bonchev–Trinajstić information content (AvgIpc) is 3.22. The minimum absolute atomic E-state index is 0.121. The zero-order chi connectivity index (χ0) is 21.4. The van der Waals surface area contributed by atoms with Gasteiger partial charge in [-0.15, -0.1) is 0 Å². The van der Waals surface area contributed by atoms with Crippen LogP contribution in [0, 0.1) is 0 Å². The molecule has 0 bridgehead atoms. The molecule has 1 aromatic heterocycles. The van der Waals surface area contributed by atoms with Gasteiger partial charge >= 0.3 is 5.97 Å². The summed E-state index contributed by atoms with van der Waals surface area (Å²) in [7, 11) is 0. The molecule has 1 saturated heterocycles. The highest BCUT2D eigenvalue weighted by Crippen LogP contribution is 2.33. The molecule has 31 heavy (non-hydrogen) atoms. The number of carboxylic acid groups (broad SMARTS) is 1. The van der Waals surface area contributed by atoms with Gasteiger partial charge in [0.1, 0.15) is 0 Å². The van der Waals surface area contributed by atoms with E-state index in [-0.39, 0.29) is 16.7 Å². The number of nitrogens with one attached hydrogen (secondary N) is 1. The molecule has 6 nitrogen and oxygen atoms in total. The number of hydrogen-bond acceptors (Lipinski definition) is 4. The van der Waals surface area contributed by atoms with Crippen LogP contribution in [0.2, 0.25) is 0 Å². The maximum absolute atomic E-state index is 13.6. The monoisotopic (exact) mass is 417 g/mol. The number of fused-ring (bicyclic) bond motifs is 1. The van der Waals surface area contributed by atoms with Gasteiger partial charge in [0.25, 0.3) is 5.56 Å². The van der Waals surface area contributed by atoms with Crippen LogP contribution in [-0.4, -0.2) is 45.7 Å². The van der Waals surface area contributed by atoms with Gasteiger partial charge in [0.15, 0.2) is 0 Å². The summed E-state index contributed by atoms with van der Waals surface area (Å²) in [4.78, 5) is 28.3. The predicted molar refractivity (Wildman–Crippen MR) is 121 cm³/mol. The molecule has 0 atom stereocenters. The van der Waals surface area contributed by atoms with Gasteiger partial charge in [-0.3, -0.25) is 14.3 Å². The van der Waals surface area contributed by atoms with Gasteiger partial charge in [-0.25, -0.2) is 4.79 Å². The number of rotatable bonds is 4. The molecule has 0 unspecified atom stereocenters. The highest BCUT2D eigenvalue weighted by atomic mass is 16.4. The van der Waals surface area contributed by atoms with Crippen LogP contribution in [-0.2, 0) is 6.54 Å². The third-order valence-corrected chi connectivity index (χ3v) is 6.80. The van der Waals surface area contributed by atoms with Crippen LogP contribution in [0.15, 0.2) is 59.4 Å². The Hall–Kier alpha value is -2.96. The SMILES string of the molecule is O=C(O)c1c(CN2CCNC3(CCCC3)C2)n(-c2ccccc2)c(=O)c2ccccc12. The molecule has 1 aliphatic carbocycles. The normalized spacial score (nSPS) is 18.6. The fourth-order valence-electron chi connectivity index (χ4n) is 5.41. The van der Waals surface area contributed by atoms with Crippen molar-refractivity contribution in [1.29, 1.82) is 0 Å². The molecule has 1 saturated carbocycles. The molecule has 2 aromatic carbocycles. The molecule has 3 aromatic rings. The molecule has 1 aliphatic heterocycles. The molecular formula is C25H27N3O3. The van der Waals surface area contributed by atoms with Gasteiger partial charge in [-0.05, 0) is 31.0 Å². The van der Waals surface area contributed by atoms with Crippen molar-refractivity contribution in [2.75, 3.05) is 19.6 Å². The highest BCUT2D eigenvalue weighted by molar-refractivity contribution is 6.04. The first-order valence-electron chi connectivity index (χ1n) is 11.0. The van der Waals surface area contributed by atoms with E-state index < -0.39 is 5.97 Å². The van der Waals surface area contributed by atoms with Crippen molar-refractivity contribution in [1.82, 2.24) is 14.8 Å². The molecule has 2 aliphatic rings. The summed E-state index contributed by atoms with van der Waals surface area (Å²) < 4.78 is 1.61. The summed E-state index contributed by atoms with van der Waals surface area (Å²) in [5, 5.41) is 14.9. The summed E-state index contributed by atoms with van der Waals surface area (Å²) in [6, 6.07) is 16.4. The molecule has 6 heteroatoms. The molecule has 0 radical (unpaired) electrons. The molecule has 0 amide bonds. The van der Waals surface area contributed by atoms with Crippen LogP contribution < -0.4 is 10.9 Å². The minimum atomic E-state index is -0.999. The van der Waals surface area contributed by atoms with Gasteiger partial charge in [-0.1, -0.05) is 49.2 Å². The van der Waals surface area contributed by atoms with Gasteiger partial charge in [0, 0.05) is 48.2 Å². The summed E-state index contributed by atoms with van der Waals surface area (Å²) in [5.74, 6) is -0.999. The van der Waals surface area contributed by atoms with Crippen molar-refractivity contribution in [2.45, 2.75) is 37.8 Å². The molecule has 1 spiro atoms. The number of carboxylic acids is 1. The summed E-state index contributed by atoms with van der Waals surface area (Å²) in [6.07, 6.45) is 4.76. The van der Waals surface area contributed by atoms with Crippen LogP contribution in [0.1, 0.15) is 41.7 Å². The zero-order valence-electron chi connectivity index (χ0n) is 17.5. The lowest BCUT2D eigenvalue weighted by atomic mass is 9.94. The largest absolute Gasteiger partial charge is 0.478 e. The Bertz CT molecular complexity index is 1180. The fourth-order valence-corrected chi connectivity index (χ4v) is 5.41. The van der Waals surface area contributed by atoms with Crippen molar-refractivity contribution in [2.24, 2.45) is 0 Å². The Kier molecular flexibility index (Phi) is 5.12. The van der Waals surface area contributed by atoms with E-state index in [9.17, 15) is 14.7 Å². The topological polar surface area (TPSA) is 74.6 Å². The number of para-hydroxylation sites is 1. The standard InChI is InChI=1S/C25H27N3O3/c29-23-20-11-5-4-10-19(20)22(24(30)31)21(28(23)18-8-2-1-3-9-18)16-27-15-14-26-25(17-27)12-6-7-13-25/h1-5,8-11,26H,6-7,12-17H2,(H,30,31). The van der Waals surface area contributed by atoms with Crippen LogP contribution in [0.4, 0.5) is 0 Å². The number of aromatic nitrogens is 1. The van der Waals surface area contributed by atoms with Crippen LogP contribution in [0.3, 0.4) is 0 Å². The Balaban J connectivity index is 1.69. The van der Waals surface area contributed by atoms with Gasteiger partial charge in [-0.2, -0.15) is 0 Å². The number of aromatic carboxylic acids is 1. The molecule has 160 valence electrons. The predicted octanol–water partition coefficient (Wildman–Crippen LogP) is 3.41. The van der Waals surface area contributed by atoms with E-state index in [4.69, 9.17) is 0 Å². The van der Waals surface area contributed by atoms with Gasteiger partial charge < -0.3 is 10.4 Å². The third kappa shape index (κ3) is 3.56. The van der Waals surface area contributed by atoms with Crippen LogP contribution in [0.25, 0.3) is 16.5 Å². The number of carbonyl (C=O) groups is 1. The number of piperazine rings is 1. The smallest absolute Gasteiger partial charge is 0.338 e. The number of nitrogens with zero attached hydrogens (tertiary/aromatic N) is 2. The molecule has 2 heterocycles. The lowest BCUT2D eigenvalue weighted by molar-refractivity contribution is 0.0693. The van der Waals surface area contributed by atoms with E-state index in [2.05, 4.69) is 10.2 Å². The lowest BCUT2D eigenvalue weighted by Crippen LogP contribution is -2.58. The third-order valence-electron chi connectivity index (χ3n) is 6.80. The second kappa shape index (κ2) is 7.94. The molecule has 5 rings (SSSR count). The quantitative estimate of drug-likeness (QED) is 0.681. The van der Waals surface area contributed by atoms with Crippen molar-refractivity contribution in [3.8, 4) is 5.69 Å². The number of hydrogen-bond donors (Lipinski definition) is 2. The van der Waals surface area contributed by atoms with E-state index in [1.165, 1.54) is 12.8 Å². The summed E-state index contributed by atoms with van der Waals surface area (Å²) in [5.41, 5.74) is 1.42. The van der Waals surface area contributed by atoms with Crippen molar-refractivity contribution in [3.05, 3.63) is 76.2 Å². The van der Waals surface area contributed by atoms with Crippen LogP contribution in [0.5, 0.6) is 0 Å². The Morgan fingerprint density at radius 1 is 1.00 bits per heavy atom. The van der Waals surface area contributed by atoms with E-state index in [0.717, 1.165) is 32.5 Å². The molecule has 2 N–H and O–H groups in total. The Morgan fingerprint density at radius 2 is 1.68 bits per heavy atom. The van der Waals surface area contributed by atoms with Gasteiger partial charge in [0.05, 0.1) is 11.3 Å². The second-order valence-electron chi connectivity index (χ2n) is 8.77. The Labute approximate surface area is 181 Å². The summed E-state index contributed by atoms with van der Waals surface area (Å²) >= 11 is 0. The highest BCUT2D eigenvalue weighted by Gasteiger charge is 2.38. The summed E-state index contributed by atoms with van der Waals surface area (Å²) in [6.45, 7) is 3.02. The number of benzene rings is 2. The maximum Gasteiger partial charge on any atom is 0.338 e. The zero-order valence-corrected chi connectivity index (χ0v) is 17.5. The minimum Gasteiger partial charge on any atom is -0.478 e. The van der Waals surface area contributed by atoms with Crippen molar-refractivity contribution < 1.29 is 9.90 Å². The van der Waals surface area contributed by atoms with E-state index in [0.29, 0.717) is 28.7 Å². The average molecular weight is 418 g/mol. The first kappa shape index (κ1) is 20.0. The second-order valence-corrected chi connectivity index (χ2v) is 8.77. The molecular weight excluding hydrogens is 390 g/mol. The maximum atomic E-state index is 13.6. The molecule has 2 fully saturated rings. The van der Waals surface area contributed by atoms with E-state index in [1.54, 1.807) is 28.8 Å². The van der Waals surface area contributed by atoms with Gasteiger partial charge in [0.2, 0.25) is 0 Å². The first-order chi connectivity index (χ1) is 15.1. The van der Waals surface area contributed by atoms with E-state index in [1.807, 2.05) is 30.3 Å². The van der Waals surface area contributed by atoms with E-state index >= 15 is 0 Å². The lowest BCUT2D eigenvalue weighted by Gasteiger charge is -2.42. The fraction of sp³-hybridized carbons (Fsp3) is 0.360. The number of pyridine rings is 1. The Morgan fingerprint density at radius 3 is 2.39 bits per heavy atom. The first-order valence-corrected chi connectivity index (χ1v) is 11.0. The van der Waals surface area contributed by atoms with Crippen molar-refractivity contribution in [3.63, 3.8) is 0 Å². The van der Waals surface area contributed by atoms with Crippen LogP contribution >= 0.6 is 0 Å². The van der Waals surface area contributed by atoms with Crippen molar-refractivity contribution >= 4 is 16.7 Å².